The van der Waals surface area contributed by atoms with Crippen LogP contribution in [0.4, 0.5) is 0 Å². The summed E-state index contributed by atoms with van der Waals surface area (Å²) in [5, 5.41) is 12.3. The first kappa shape index (κ1) is 11.8. The summed E-state index contributed by atoms with van der Waals surface area (Å²) in [6.07, 6.45) is 0.257. The average Bonchev–Trinajstić information content (AvgIpc) is 2.30. The molecule has 0 saturated carbocycles. The second-order valence-electron chi connectivity index (χ2n) is 4.60. The molecule has 2 atom stereocenters. The van der Waals surface area contributed by atoms with Crippen molar-refractivity contribution in [3.8, 4) is 6.07 Å². The second-order valence-corrected chi connectivity index (χ2v) is 4.60. The van der Waals surface area contributed by atoms with Crippen LogP contribution < -0.4 is 5.32 Å². The van der Waals surface area contributed by atoms with E-state index in [9.17, 15) is 0 Å². The van der Waals surface area contributed by atoms with E-state index in [-0.39, 0.29) is 12.1 Å². The standard InChI is InChI=1S/C11H20N4O/c1-14-4-5-16-11(8-14)9-15-3-2-13-7-10(15)6-12/h10-11,13H,2-5,7-9H2,1H3. The predicted octanol–water partition coefficient (Wildman–Crippen LogP) is -0.886. The van der Waals surface area contributed by atoms with Gasteiger partial charge in [-0.1, -0.05) is 0 Å². The zero-order valence-corrected chi connectivity index (χ0v) is 9.85. The Morgan fingerprint density at radius 2 is 2.38 bits per heavy atom. The van der Waals surface area contributed by atoms with Gasteiger partial charge in [0.05, 0.1) is 18.8 Å². The summed E-state index contributed by atoms with van der Waals surface area (Å²) in [4.78, 5) is 4.53. The number of nitrogens with one attached hydrogen (secondary N) is 1. The SMILES string of the molecule is CN1CCOC(CN2CCNCC2C#N)C1. The van der Waals surface area contributed by atoms with Crippen molar-refractivity contribution in [1.82, 2.24) is 15.1 Å². The normalized spacial score (nSPS) is 33.5. The number of piperazine rings is 1. The number of nitriles is 1. The van der Waals surface area contributed by atoms with Crippen LogP contribution in [0.2, 0.25) is 0 Å². The molecule has 0 aromatic carbocycles. The number of morpholine rings is 1. The molecule has 90 valence electrons. The summed E-state index contributed by atoms with van der Waals surface area (Å²) in [5.74, 6) is 0. The fraction of sp³-hybridized carbons (Fsp3) is 0.909. The van der Waals surface area contributed by atoms with Gasteiger partial charge in [0.15, 0.2) is 0 Å². The van der Waals surface area contributed by atoms with Crippen LogP contribution in [0.15, 0.2) is 0 Å². The highest BCUT2D eigenvalue weighted by Gasteiger charge is 2.26. The van der Waals surface area contributed by atoms with Crippen molar-refractivity contribution in [2.45, 2.75) is 12.1 Å². The molecule has 5 nitrogen and oxygen atoms in total. The highest BCUT2D eigenvalue weighted by atomic mass is 16.5. The number of likely N-dealkylation sites (N-methyl/N-ethyl adjacent to an activating group) is 1. The van der Waals surface area contributed by atoms with Gasteiger partial charge in [-0.3, -0.25) is 4.90 Å². The Kier molecular flexibility index (Phi) is 4.13. The Bertz CT molecular complexity index is 265. The summed E-state index contributed by atoms with van der Waals surface area (Å²) >= 11 is 0. The molecule has 0 aromatic rings. The van der Waals surface area contributed by atoms with E-state index >= 15 is 0 Å². The Morgan fingerprint density at radius 1 is 1.50 bits per heavy atom. The highest BCUT2D eigenvalue weighted by Crippen LogP contribution is 2.09. The van der Waals surface area contributed by atoms with Crippen molar-refractivity contribution in [2.24, 2.45) is 0 Å². The van der Waals surface area contributed by atoms with Crippen LogP contribution in [0.5, 0.6) is 0 Å². The summed E-state index contributed by atoms with van der Waals surface area (Å²) in [7, 11) is 2.12. The third-order valence-electron chi connectivity index (χ3n) is 3.28. The third kappa shape index (κ3) is 2.92. The molecule has 2 rings (SSSR count). The second kappa shape index (κ2) is 5.60. The minimum atomic E-state index is 0.00424. The van der Waals surface area contributed by atoms with Gasteiger partial charge < -0.3 is 15.0 Å². The summed E-state index contributed by atoms with van der Waals surface area (Å²) < 4.78 is 5.73. The van der Waals surface area contributed by atoms with E-state index < -0.39 is 0 Å². The van der Waals surface area contributed by atoms with E-state index in [2.05, 4.69) is 28.2 Å². The van der Waals surface area contributed by atoms with Crippen LogP contribution in [-0.4, -0.2) is 74.9 Å². The number of hydrogen-bond donors (Lipinski definition) is 1. The summed E-state index contributed by atoms with van der Waals surface area (Å²) in [6.45, 7) is 6.37. The first-order valence-corrected chi connectivity index (χ1v) is 5.94. The predicted molar refractivity (Wildman–Crippen MR) is 61.1 cm³/mol. The zero-order valence-electron chi connectivity index (χ0n) is 9.85. The molecule has 16 heavy (non-hydrogen) atoms. The lowest BCUT2D eigenvalue weighted by Gasteiger charge is -2.37. The molecule has 0 bridgehead atoms. The number of ether oxygens (including phenoxy) is 1. The van der Waals surface area contributed by atoms with Gasteiger partial charge in [0.25, 0.3) is 0 Å². The van der Waals surface area contributed by atoms with E-state index in [0.29, 0.717) is 0 Å². The van der Waals surface area contributed by atoms with E-state index in [1.54, 1.807) is 0 Å². The topological polar surface area (TPSA) is 51.5 Å². The van der Waals surface area contributed by atoms with E-state index in [1.807, 2.05) is 0 Å². The molecule has 5 heteroatoms. The van der Waals surface area contributed by atoms with Crippen molar-refractivity contribution in [3.05, 3.63) is 0 Å². The molecular formula is C11H20N4O. The van der Waals surface area contributed by atoms with Crippen molar-refractivity contribution in [2.75, 3.05) is 52.9 Å². The van der Waals surface area contributed by atoms with Gasteiger partial charge in [0.1, 0.15) is 6.04 Å². The fourth-order valence-corrected chi connectivity index (χ4v) is 2.33. The maximum atomic E-state index is 9.06. The van der Waals surface area contributed by atoms with Crippen molar-refractivity contribution >= 4 is 0 Å². The lowest BCUT2D eigenvalue weighted by molar-refractivity contribution is -0.0403. The highest BCUT2D eigenvalue weighted by molar-refractivity contribution is 4.97. The van der Waals surface area contributed by atoms with Gasteiger partial charge in [-0.15, -0.1) is 0 Å². The quantitative estimate of drug-likeness (QED) is 0.660. The van der Waals surface area contributed by atoms with Crippen LogP contribution in [0, 0.1) is 11.3 Å². The molecule has 0 radical (unpaired) electrons. The summed E-state index contributed by atoms with van der Waals surface area (Å²) in [6, 6.07) is 2.35. The molecule has 0 aliphatic carbocycles. The van der Waals surface area contributed by atoms with Gasteiger partial charge in [-0.25, -0.2) is 0 Å². The van der Waals surface area contributed by atoms with Crippen LogP contribution >= 0.6 is 0 Å². The largest absolute Gasteiger partial charge is 0.374 e. The molecule has 0 spiro atoms. The van der Waals surface area contributed by atoms with Crippen molar-refractivity contribution < 1.29 is 4.74 Å². The van der Waals surface area contributed by atoms with Gasteiger partial charge in [0, 0.05) is 39.3 Å². The Labute approximate surface area is 97.0 Å². The summed E-state index contributed by atoms with van der Waals surface area (Å²) in [5.41, 5.74) is 0. The number of hydrogen-bond acceptors (Lipinski definition) is 5. The van der Waals surface area contributed by atoms with E-state index in [1.165, 1.54) is 0 Å². The maximum Gasteiger partial charge on any atom is 0.110 e. The third-order valence-corrected chi connectivity index (χ3v) is 3.28. The van der Waals surface area contributed by atoms with Gasteiger partial charge >= 0.3 is 0 Å². The molecule has 2 heterocycles. The van der Waals surface area contributed by atoms with Crippen LogP contribution in [-0.2, 0) is 4.74 Å². The fourth-order valence-electron chi connectivity index (χ4n) is 2.33. The Balaban J connectivity index is 1.85. The molecule has 2 saturated heterocycles. The average molecular weight is 224 g/mol. The lowest BCUT2D eigenvalue weighted by Crippen LogP contribution is -2.55. The van der Waals surface area contributed by atoms with E-state index in [4.69, 9.17) is 10.00 Å². The molecule has 2 aliphatic heterocycles. The maximum absolute atomic E-state index is 9.06. The number of nitrogens with zero attached hydrogens (tertiary/aromatic N) is 3. The lowest BCUT2D eigenvalue weighted by atomic mass is 10.1. The van der Waals surface area contributed by atoms with E-state index in [0.717, 1.165) is 45.9 Å². The molecular weight excluding hydrogens is 204 g/mol. The van der Waals surface area contributed by atoms with Gasteiger partial charge in [-0.05, 0) is 7.05 Å². The molecule has 0 aromatic heterocycles. The molecule has 0 amide bonds. The Morgan fingerprint density at radius 3 is 3.12 bits per heavy atom. The van der Waals surface area contributed by atoms with Crippen molar-refractivity contribution in [3.63, 3.8) is 0 Å². The van der Waals surface area contributed by atoms with Crippen molar-refractivity contribution in [1.29, 1.82) is 5.26 Å². The first-order chi connectivity index (χ1) is 7.79. The van der Waals surface area contributed by atoms with Crippen LogP contribution in [0.25, 0.3) is 0 Å². The molecule has 2 fully saturated rings. The minimum absolute atomic E-state index is 0.00424. The minimum Gasteiger partial charge on any atom is -0.374 e. The van der Waals surface area contributed by atoms with Crippen LogP contribution in [0.3, 0.4) is 0 Å². The smallest absolute Gasteiger partial charge is 0.110 e. The van der Waals surface area contributed by atoms with Gasteiger partial charge in [-0.2, -0.15) is 5.26 Å². The molecule has 2 unspecified atom stereocenters. The number of rotatable bonds is 2. The monoisotopic (exact) mass is 224 g/mol. The zero-order chi connectivity index (χ0) is 11.4. The van der Waals surface area contributed by atoms with Gasteiger partial charge in [0.2, 0.25) is 0 Å². The molecule has 2 aliphatic rings. The Hall–Kier alpha value is -0.670. The molecule has 1 N–H and O–H groups in total. The van der Waals surface area contributed by atoms with Crippen LogP contribution in [0.1, 0.15) is 0 Å². The first-order valence-electron chi connectivity index (χ1n) is 5.94.